The lowest BCUT2D eigenvalue weighted by Gasteiger charge is -2.12. The highest BCUT2D eigenvalue weighted by molar-refractivity contribution is 7.33. The van der Waals surface area contributed by atoms with Gasteiger partial charge in [-0.3, -0.25) is 0 Å². The van der Waals surface area contributed by atoms with Gasteiger partial charge in [-0.15, -0.1) is 35.3 Å². The Hall–Kier alpha value is -0.393. The topological polar surface area (TPSA) is 9.23 Å². The number of hydrogen-bond donors (Lipinski definition) is 0. The maximum absolute atomic E-state index is 12.0. The van der Waals surface area contributed by atoms with Gasteiger partial charge in [0.25, 0.3) is 7.42 Å². The summed E-state index contributed by atoms with van der Waals surface area (Å²) < 4.78 is 39.8. The first kappa shape index (κ1) is 12.7. The number of para-hydroxylation sites is 1. The zero-order valence-corrected chi connectivity index (χ0v) is 9.83. The largest absolute Gasteiger partial charge is 0.573 e. The van der Waals surface area contributed by atoms with E-state index in [1.807, 2.05) is 0 Å². The van der Waals surface area contributed by atoms with Crippen molar-refractivity contribution >= 4 is 29.6 Å². The Balaban J connectivity index is 2.86. The van der Waals surface area contributed by atoms with Crippen molar-refractivity contribution < 1.29 is 17.9 Å². The van der Waals surface area contributed by atoms with Gasteiger partial charge < -0.3 is 4.74 Å². The van der Waals surface area contributed by atoms with Gasteiger partial charge in [-0.2, -0.15) is 0 Å². The number of rotatable bonds is 3. The maximum atomic E-state index is 12.0. The van der Waals surface area contributed by atoms with E-state index in [2.05, 4.69) is 4.74 Å². The molecular weight excluding hydrogens is 268 g/mol. The zero-order valence-electron chi connectivity index (χ0n) is 7.31. The number of benzene rings is 1. The van der Waals surface area contributed by atoms with E-state index in [4.69, 9.17) is 22.2 Å². The molecule has 0 saturated heterocycles. The Morgan fingerprint density at radius 3 is 2.33 bits per heavy atom. The second-order valence-corrected chi connectivity index (χ2v) is 7.02. The quantitative estimate of drug-likeness (QED) is 0.604. The monoisotopic (exact) mass is 273 g/mol. The van der Waals surface area contributed by atoms with Gasteiger partial charge in [-0.1, -0.05) is 18.2 Å². The lowest BCUT2D eigenvalue weighted by Crippen LogP contribution is -2.18. The van der Waals surface area contributed by atoms with E-state index in [0.29, 0.717) is 5.56 Å². The Labute approximate surface area is 95.8 Å². The summed E-state index contributed by atoms with van der Waals surface area (Å²) >= 11 is 11.2. The third-order valence-electron chi connectivity index (χ3n) is 1.52. The maximum Gasteiger partial charge on any atom is 0.573 e. The second kappa shape index (κ2) is 5.09. The molecule has 1 aromatic rings. The second-order valence-electron chi connectivity index (χ2n) is 2.67. The molecule has 1 rings (SSSR count). The van der Waals surface area contributed by atoms with Crippen molar-refractivity contribution in [3.8, 4) is 5.75 Å². The average Bonchev–Trinajstić information content (AvgIpc) is 2.05. The highest BCUT2D eigenvalue weighted by Crippen LogP contribution is 2.27. The molecule has 1 nitrogen and oxygen atoms in total. The summed E-state index contributed by atoms with van der Waals surface area (Å²) in [6, 6.07) is 6.02. The van der Waals surface area contributed by atoms with Crippen molar-refractivity contribution in [2.24, 2.45) is 0 Å². The van der Waals surface area contributed by atoms with Crippen LogP contribution in [0.5, 0.6) is 5.75 Å². The third kappa shape index (κ3) is 4.77. The zero-order chi connectivity index (χ0) is 11.5. The van der Waals surface area contributed by atoms with Crippen LogP contribution in [-0.4, -0.2) is 13.8 Å². The van der Waals surface area contributed by atoms with Gasteiger partial charge in [-0.05, 0) is 17.7 Å². The van der Waals surface area contributed by atoms with Crippen LogP contribution in [0.1, 0.15) is 5.56 Å². The minimum absolute atomic E-state index is 0.208. The van der Waals surface area contributed by atoms with E-state index >= 15 is 0 Å². The number of halogens is 5. The van der Waals surface area contributed by atoms with E-state index in [1.165, 1.54) is 18.2 Å². The van der Waals surface area contributed by atoms with E-state index < -0.39 is 13.8 Å². The summed E-state index contributed by atoms with van der Waals surface area (Å²) in [7, 11) is -1.67. The molecule has 0 unspecified atom stereocenters. The molecule has 0 atom stereocenters. The SMILES string of the molecule is FC(F)(F)Oc1ccccc1C[Si](Cl)Cl. The van der Waals surface area contributed by atoms with E-state index in [0.717, 1.165) is 0 Å². The number of hydrogen-bond acceptors (Lipinski definition) is 1. The first-order valence-corrected chi connectivity index (χ1v) is 7.62. The van der Waals surface area contributed by atoms with Crippen LogP contribution in [0.15, 0.2) is 24.3 Å². The molecule has 1 aromatic carbocycles. The molecule has 0 amide bonds. The molecule has 1 radical (unpaired) electrons. The van der Waals surface area contributed by atoms with Gasteiger partial charge in [0.1, 0.15) is 5.75 Å². The van der Waals surface area contributed by atoms with Gasteiger partial charge >= 0.3 is 6.36 Å². The third-order valence-corrected chi connectivity index (χ3v) is 2.97. The predicted octanol–water partition coefficient (Wildman–Crippen LogP) is 3.63. The van der Waals surface area contributed by atoms with Crippen LogP contribution in [0.3, 0.4) is 0 Å². The molecule has 0 aromatic heterocycles. The van der Waals surface area contributed by atoms with Crippen LogP contribution in [0.4, 0.5) is 13.2 Å². The highest BCUT2D eigenvalue weighted by Gasteiger charge is 2.32. The van der Waals surface area contributed by atoms with Crippen molar-refractivity contribution in [2.45, 2.75) is 12.4 Å². The van der Waals surface area contributed by atoms with E-state index in [-0.39, 0.29) is 11.8 Å². The Morgan fingerprint density at radius 1 is 1.20 bits per heavy atom. The van der Waals surface area contributed by atoms with Crippen molar-refractivity contribution in [1.82, 2.24) is 0 Å². The molecule has 0 fully saturated rings. The summed E-state index contributed by atoms with van der Waals surface area (Å²) in [6.45, 7) is 0. The molecule has 0 saturated carbocycles. The fraction of sp³-hybridized carbons (Fsp3) is 0.250. The summed E-state index contributed by atoms with van der Waals surface area (Å²) in [4.78, 5) is 0. The van der Waals surface area contributed by atoms with Crippen molar-refractivity contribution in [1.29, 1.82) is 0 Å². The first-order valence-electron chi connectivity index (χ1n) is 3.89. The molecule has 0 aliphatic carbocycles. The molecule has 0 bridgehead atoms. The van der Waals surface area contributed by atoms with E-state index in [1.54, 1.807) is 6.07 Å². The van der Waals surface area contributed by atoms with Crippen molar-refractivity contribution in [3.05, 3.63) is 29.8 Å². The molecule has 0 N–H and O–H groups in total. The minimum Gasteiger partial charge on any atom is -0.406 e. The summed E-state index contributed by atoms with van der Waals surface area (Å²) in [5.74, 6) is -0.242. The van der Waals surface area contributed by atoms with Gasteiger partial charge in [-0.25, -0.2) is 0 Å². The smallest absolute Gasteiger partial charge is 0.406 e. The molecule has 15 heavy (non-hydrogen) atoms. The molecule has 0 aliphatic heterocycles. The standard InChI is InChI=1S/C8H6Cl2F3OSi/c9-15(10)5-6-3-1-2-4-7(6)14-8(11,12)13/h1-4H,5H2. The Kier molecular flexibility index (Phi) is 4.30. The Bertz CT molecular complexity index is 330. The van der Waals surface area contributed by atoms with Gasteiger partial charge in [0.15, 0.2) is 0 Å². The van der Waals surface area contributed by atoms with Crippen LogP contribution in [0.2, 0.25) is 0 Å². The molecule has 7 heteroatoms. The summed E-state index contributed by atoms with van der Waals surface area (Å²) in [6.07, 6.45) is -4.69. The van der Waals surface area contributed by atoms with Crippen LogP contribution in [0, 0.1) is 0 Å². The summed E-state index contributed by atoms with van der Waals surface area (Å²) in [5.41, 5.74) is 0.369. The van der Waals surface area contributed by atoms with Crippen molar-refractivity contribution in [3.63, 3.8) is 0 Å². The summed E-state index contributed by atoms with van der Waals surface area (Å²) in [5, 5.41) is 0. The van der Waals surface area contributed by atoms with Crippen LogP contribution in [0.25, 0.3) is 0 Å². The normalized spacial score (nSPS) is 11.9. The first-order chi connectivity index (χ1) is 6.88. The number of ether oxygens (including phenoxy) is 1. The van der Waals surface area contributed by atoms with Crippen LogP contribution < -0.4 is 4.74 Å². The fourth-order valence-electron chi connectivity index (χ4n) is 1.02. The molecule has 83 valence electrons. The molecule has 0 heterocycles. The Morgan fingerprint density at radius 2 is 1.80 bits per heavy atom. The van der Waals surface area contributed by atoms with Gasteiger partial charge in [0.2, 0.25) is 0 Å². The molecular formula is C8H6Cl2F3OSi. The van der Waals surface area contributed by atoms with Crippen molar-refractivity contribution in [2.75, 3.05) is 0 Å². The van der Waals surface area contributed by atoms with Gasteiger partial charge in [0.05, 0.1) is 0 Å². The van der Waals surface area contributed by atoms with Crippen LogP contribution in [-0.2, 0) is 6.04 Å². The fourth-order valence-corrected chi connectivity index (χ4v) is 2.46. The van der Waals surface area contributed by atoms with Gasteiger partial charge in [0, 0.05) is 0 Å². The molecule has 0 spiro atoms. The highest BCUT2D eigenvalue weighted by atomic mass is 35.7. The lowest BCUT2D eigenvalue weighted by atomic mass is 10.2. The van der Waals surface area contributed by atoms with E-state index in [9.17, 15) is 13.2 Å². The lowest BCUT2D eigenvalue weighted by molar-refractivity contribution is -0.274. The van der Waals surface area contributed by atoms with Crippen LogP contribution >= 0.6 is 22.2 Å². The number of alkyl halides is 3. The molecule has 0 aliphatic rings. The predicted molar refractivity (Wildman–Crippen MR) is 54.3 cm³/mol. The minimum atomic E-state index is -4.69. The average molecular weight is 274 g/mol.